The summed E-state index contributed by atoms with van der Waals surface area (Å²) in [6.07, 6.45) is 0.331. The topological polar surface area (TPSA) is 137 Å². The third-order valence-corrected chi connectivity index (χ3v) is 5.67. The minimum atomic E-state index is -0.980. The van der Waals surface area contributed by atoms with Crippen LogP contribution in [0.4, 0.5) is 5.69 Å². The van der Waals surface area contributed by atoms with Crippen molar-refractivity contribution in [3.05, 3.63) is 51.2 Å². The number of allylic oxidation sites excluding steroid dienone is 1. The second kappa shape index (κ2) is 11.5. The van der Waals surface area contributed by atoms with E-state index in [1.165, 1.54) is 25.3 Å². The molecule has 1 aromatic rings. The molecule has 1 N–H and O–H groups in total. The Morgan fingerprint density at radius 3 is 2.36 bits per heavy atom. The number of non-ortho nitro benzene ring substituents is 1. The smallest absolute Gasteiger partial charge is 0.329 e. The highest BCUT2D eigenvalue weighted by Gasteiger charge is 2.43. The van der Waals surface area contributed by atoms with E-state index in [1.807, 2.05) is 13.8 Å². The van der Waals surface area contributed by atoms with Crippen molar-refractivity contribution in [1.29, 1.82) is 0 Å². The van der Waals surface area contributed by atoms with Gasteiger partial charge in [0, 0.05) is 35.0 Å². The van der Waals surface area contributed by atoms with Crippen LogP contribution in [-0.2, 0) is 23.9 Å². The molecule has 0 aromatic heterocycles. The van der Waals surface area contributed by atoms with Gasteiger partial charge in [-0.05, 0) is 52.5 Å². The van der Waals surface area contributed by atoms with Gasteiger partial charge in [-0.3, -0.25) is 24.7 Å². The molecule has 0 fully saturated rings. The Balaban J connectivity index is 2.60. The van der Waals surface area contributed by atoms with Gasteiger partial charge in [0.2, 0.25) is 5.91 Å². The Hall–Kier alpha value is -3.56. The van der Waals surface area contributed by atoms with Crippen LogP contribution in [0.3, 0.4) is 0 Å². The molecule has 2 rings (SSSR count). The zero-order valence-corrected chi connectivity index (χ0v) is 22.1. The molecule has 10 nitrogen and oxygen atoms in total. The fraction of sp³-hybridized carbons (Fsp3) is 0.538. The number of ether oxygens (including phenoxy) is 2. The second-order valence-corrected chi connectivity index (χ2v) is 10.3. The molecule has 1 amide bonds. The Labute approximate surface area is 211 Å². The van der Waals surface area contributed by atoms with E-state index in [1.54, 1.807) is 40.7 Å². The molecule has 3 unspecified atom stereocenters. The first-order valence-corrected chi connectivity index (χ1v) is 11.8. The average Bonchev–Trinajstić information content (AvgIpc) is 2.76. The van der Waals surface area contributed by atoms with E-state index in [0.717, 1.165) is 0 Å². The lowest BCUT2D eigenvalue weighted by atomic mass is 9.75. The highest BCUT2D eigenvalue weighted by Crippen LogP contribution is 2.40. The van der Waals surface area contributed by atoms with Gasteiger partial charge in [0.25, 0.3) is 5.69 Å². The molecule has 1 aliphatic rings. The molecule has 1 heterocycles. The molecule has 3 atom stereocenters. The Morgan fingerprint density at radius 1 is 1.19 bits per heavy atom. The summed E-state index contributed by atoms with van der Waals surface area (Å²) in [5.74, 6) is -3.63. The monoisotopic (exact) mass is 501 g/mol. The number of carbonyl (C=O) groups excluding carboxylic acids is 3. The summed E-state index contributed by atoms with van der Waals surface area (Å²) >= 11 is 0. The number of hydrogen-bond donors (Lipinski definition) is 1. The van der Waals surface area contributed by atoms with Crippen LogP contribution in [0, 0.1) is 22.0 Å². The summed E-state index contributed by atoms with van der Waals surface area (Å²) in [6, 6.07) is 4.84. The number of nitro benzene ring substituents is 1. The average molecular weight is 502 g/mol. The van der Waals surface area contributed by atoms with Crippen LogP contribution >= 0.6 is 0 Å². The first-order chi connectivity index (χ1) is 16.7. The lowest BCUT2D eigenvalue weighted by molar-refractivity contribution is -0.384. The molecular formula is C26H35N3O7. The predicted octanol–water partition coefficient (Wildman–Crippen LogP) is 4.09. The van der Waals surface area contributed by atoms with Crippen molar-refractivity contribution in [2.75, 3.05) is 7.11 Å². The van der Waals surface area contributed by atoms with Gasteiger partial charge in [-0.15, -0.1) is 0 Å². The fourth-order valence-electron chi connectivity index (χ4n) is 4.25. The van der Waals surface area contributed by atoms with Gasteiger partial charge in [0.1, 0.15) is 17.6 Å². The summed E-state index contributed by atoms with van der Waals surface area (Å²) < 4.78 is 10.5. The molecule has 0 saturated carbocycles. The number of hydrogen-bond acceptors (Lipinski definition) is 8. The van der Waals surface area contributed by atoms with Crippen molar-refractivity contribution in [3.63, 3.8) is 0 Å². The van der Waals surface area contributed by atoms with Gasteiger partial charge in [0.15, 0.2) is 0 Å². The van der Waals surface area contributed by atoms with Gasteiger partial charge in [-0.25, -0.2) is 4.79 Å². The van der Waals surface area contributed by atoms with Crippen LogP contribution in [0.5, 0.6) is 0 Å². The van der Waals surface area contributed by atoms with Gasteiger partial charge in [0.05, 0.1) is 12.0 Å². The maximum Gasteiger partial charge on any atom is 0.329 e. The van der Waals surface area contributed by atoms with Crippen LogP contribution < -0.4 is 5.32 Å². The highest BCUT2D eigenvalue weighted by atomic mass is 16.6. The highest BCUT2D eigenvalue weighted by molar-refractivity contribution is 6.08. The normalized spacial score (nSPS) is 18.9. The molecule has 0 radical (unpaired) electrons. The largest absolute Gasteiger partial charge is 0.468 e. The van der Waals surface area contributed by atoms with Crippen molar-refractivity contribution < 1.29 is 28.8 Å². The molecule has 0 spiro atoms. The summed E-state index contributed by atoms with van der Waals surface area (Å²) in [6.45, 7) is 12.3. The lowest BCUT2D eigenvalue weighted by Gasteiger charge is -2.32. The van der Waals surface area contributed by atoms with E-state index in [-0.39, 0.29) is 17.2 Å². The van der Waals surface area contributed by atoms with Crippen molar-refractivity contribution >= 4 is 29.2 Å². The van der Waals surface area contributed by atoms with E-state index < -0.39 is 46.2 Å². The zero-order valence-electron chi connectivity index (χ0n) is 22.1. The molecule has 10 heteroatoms. The van der Waals surface area contributed by atoms with Crippen LogP contribution in [0.15, 0.2) is 40.5 Å². The van der Waals surface area contributed by atoms with E-state index in [0.29, 0.717) is 23.4 Å². The number of nitrogens with one attached hydrogen (secondary N) is 1. The molecule has 1 aliphatic heterocycles. The van der Waals surface area contributed by atoms with E-state index in [4.69, 9.17) is 9.47 Å². The third kappa shape index (κ3) is 6.99. The molecular weight excluding hydrogens is 466 g/mol. The van der Waals surface area contributed by atoms with Crippen molar-refractivity contribution in [1.82, 2.24) is 5.32 Å². The van der Waals surface area contributed by atoms with E-state index >= 15 is 0 Å². The predicted molar refractivity (Wildman–Crippen MR) is 134 cm³/mol. The number of esters is 2. The minimum absolute atomic E-state index is 0.0694. The maximum atomic E-state index is 13.7. The first-order valence-electron chi connectivity index (χ1n) is 11.8. The Bertz CT molecular complexity index is 1100. The number of carbonyl (C=O) groups is 3. The van der Waals surface area contributed by atoms with Gasteiger partial charge in [-0.2, -0.15) is 0 Å². The number of nitrogens with zero attached hydrogens (tertiary/aromatic N) is 2. The van der Waals surface area contributed by atoms with E-state index in [2.05, 4.69) is 10.3 Å². The Morgan fingerprint density at radius 2 is 1.83 bits per heavy atom. The molecule has 0 bridgehead atoms. The van der Waals surface area contributed by atoms with Crippen LogP contribution in [0.1, 0.15) is 66.4 Å². The van der Waals surface area contributed by atoms with Crippen molar-refractivity contribution in [2.24, 2.45) is 16.8 Å². The summed E-state index contributed by atoms with van der Waals surface area (Å²) in [5.41, 5.74) is 0.345. The number of rotatable bonds is 8. The Kier molecular flexibility index (Phi) is 9.12. The molecule has 0 saturated heterocycles. The number of methoxy groups -OCH3 is 1. The standard InChI is InChI=1S/C26H35N3O7/c1-14(2)12-19(24(31)36-26(5,6)7)28-23(30)20-15(3)27-16(4)21(25(32)35-8)22(20)17-10-9-11-18(13-17)29(33)34/h9-11,13-14,19,21-22H,12H2,1-8H3,(H,28,30). The van der Waals surface area contributed by atoms with Crippen molar-refractivity contribution in [3.8, 4) is 0 Å². The van der Waals surface area contributed by atoms with E-state index in [9.17, 15) is 24.5 Å². The van der Waals surface area contributed by atoms with Gasteiger partial charge in [-0.1, -0.05) is 26.0 Å². The first kappa shape index (κ1) is 28.7. The maximum absolute atomic E-state index is 13.7. The number of benzene rings is 1. The van der Waals surface area contributed by atoms with Gasteiger partial charge < -0.3 is 14.8 Å². The minimum Gasteiger partial charge on any atom is -0.468 e. The van der Waals surface area contributed by atoms with Crippen LogP contribution in [-0.4, -0.2) is 47.2 Å². The van der Waals surface area contributed by atoms with Crippen molar-refractivity contribution in [2.45, 2.75) is 72.4 Å². The summed E-state index contributed by atoms with van der Waals surface area (Å²) in [5, 5.41) is 14.2. The number of nitro groups is 1. The van der Waals surface area contributed by atoms with Crippen LogP contribution in [0.25, 0.3) is 0 Å². The van der Waals surface area contributed by atoms with Gasteiger partial charge >= 0.3 is 11.9 Å². The fourth-order valence-corrected chi connectivity index (χ4v) is 4.25. The summed E-state index contributed by atoms with van der Waals surface area (Å²) in [4.78, 5) is 54.8. The zero-order chi connectivity index (χ0) is 27.4. The quantitative estimate of drug-likeness (QED) is 0.322. The number of amides is 1. The lowest BCUT2D eigenvalue weighted by Crippen LogP contribution is -2.47. The number of aliphatic imine (C=N–C) groups is 1. The third-order valence-electron chi connectivity index (χ3n) is 5.67. The van der Waals surface area contributed by atoms with Crippen LogP contribution in [0.2, 0.25) is 0 Å². The molecule has 196 valence electrons. The summed E-state index contributed by atoms with van der Waals surface area (Å²) in [7, 11) is 1.23. The molecule has 1 aromatic carbocycles. The SMILES string of the molecule is COC(=O)C1C(C)=NC(C)=C(C(=O)NC(CC(C)C)C(=O)OC(C)(C)C)C1c1cccc([N+](=O)[O-])c1. The molecule has 36 heavy (non-hydrogen) atoms. The second-order valence-electron chi connectivity index (χ2n) is 10.3. The molecule has 0 aliphatic carbocycles.